The number of furan rings is 1. The lowest BCUT2D eigenvalue weighted by Gasteiger charge is -2.22. The summed E-state index contributed by atoms with van der Waals surface area (Å²) >= 11 is 0. The minimum absolute atomic E-state index is 0.268. The summed E-state index contributed by atoms with van der Waals surface area (Å²) in [7, 11) is 0. The summed E-state index contributed by atoms with van der Waals surface area (Å²) < 4.78 is 10.9. The minimum atomic E-state index is -0.591. The molecule has 2 aliphatic rings. The van der Waals surface area contributed by atoms with Crippen molar-refractivity contribution in [1.82, 2.24) is 15.2 Å². The van der Waals surface area contributed by atoms with E-state index in [-0.39, 0.29) is 6.54 Å². The summed E-state index contributed by atoms with van der Waals surface area (Å²) in [6, 6.07) is 10.6. The molecule has 1 fully saturated rings. The van der Waals surface area contributed by atoms with Crippen LogP contribution in [-0.4, -0.2) is 47.5 Å². The average molecular weight is 431 g/mol. The lowest BCUT2D eigenvalue weighted by atomic mass is 9.86. The summed E-state index contributed by atoms with van der Waals surface area (Å²) in [5.74, 6) is -0.410. The van der Waals surface area contributed by atoms with Crippen LogP contribution in [0.2, 0.25) is 0 Å². The maximum absolute atomic E-state index is 13.2. The van der Waals surface area contributed by atoms with E-state index in [1.807, 2.05) is 42.5 Å². The summed E-state index contributed by atoms with van der Waals surface area (Å²) in [4.78, 5) is 43.1. The van der Waals surface area contributed by atoms with Gasteiger partial charge in [-0.3, -0.25) is 9.69 Å². The Balaban J connectivity index is 1.51. The molecule has 0 bridgehead atoms. The Morgan fingerprint density at radius 3 is 2.84 bits per heavy atom. The van der Waals surface area contributed by atoms with E-state index in [1.54, 1.807) is 6.26 Å². The number of hydrogen-bond acceptors (Lipinski definition) is 6. The molecule has 3 aromatic rings. The van der Waals surface area contributed by atoms with Gasteiger partial charge in [0.05, 0.1) is 23.0 Å². The summed E-state index contributed by atoms with van der Waals surface area (Å²) in [6.45, 7) is 0.169. The van der Waals surface area contributed by atoms with Crippen LogP contribution >= 0.6 is 0 Å². The number of nitrogens with one attached hydrogen (secondary N) is 1. The van der Waals surface area contributed by atoms with Crippen molar-refractivity contribution in [3.63, 3.8) is 0 Å². The fourth-order valence-corrected chi connectivity index (χ4v) is 4.24. The van der Waals surface area contributed by atoms with E-state index < -0.39 is 24.5 Å². The van der Waals surface area contributed by atoms with Crippen LogP contribution in [0, 0.1) is 0 Å². The van der Waals surface area contributed by atoms with Gasteiger partial charge in [-0.2, -0.15) is 0 Å². The van der Waals surface area contributed by atoms with Crippen LogP contribution in [0.3, 0.4) is 0 Å². The number of rotatable bonds is 4. The van der Waals surface area contributed by atoms with E-state index in [0.29, 0.717) is 29.4 Å². The van der Waals surface area contributed by atoms with Crippen LogP contribution in [0.4, 0.5) is 4.79 Å². The highest BCUT2D eigenvalue weighted by Gasteiger charge is 2.29. The minimum Gasteiger partial charge on any atom is -0.465 e. The van der Waals surface area contributed by atoms with E-state index in [9.17, 15) is 14.4 Å². The molecule has 1 aliphatic carbocycles. The molecule has 8 heteroatoms. The third kappa shape index (κ3) is 3.64. The van der Waals surface area contributed by atoms with E-state index in [1.165, 1.54) is 0 Å². The standard InChI is InChI=1S/C24H21N3O5/c28-20(27-11-10-25-24(27)30)14-32-23(29)21-17-7-1-2-9-19(17)26-22-15(5-3-8-18(21)22)13-16-6-4-12-31-16/h1-2,4,6-7,9,12-13H,3,5,8,10-11,14H2,(H,25,30). The molecule has 1 aliphatic heterocycles. The molecule has 8 nitrogen and oxygen atoms in total. The van der Waals surface area contributed by atoms with Gasteiger partial charge in [-0.15, -0.1) is 0 Å². The van der Waals surface area contributed by atoms with Gasteiger partial charge >= 0.3 is 12.0 Å². The van der Waals surface area contributed by atoms with E-state index >= 15 is 0 Å². The van der Waals surface area contributed by atoms with Gasteiger partial charge in [0, 0.05) is 18.5 Å². The van der Waals surface area contributed by atoms with Gasteiger partial charge in [0.1, 0.15) is 5.76 Å². The van der Waals surface area contributed by atoms with Crippen LogP contribution in [0.1, 0.15) is 40.2 Å². The van der Waals surface area contributed by atoms with Crippen molar-refractivity contribution < 1.29 is 23.5 Å². The van der Waals surface area contributed by atoms with Crippen molar-refractivity contribution in [2.45, 2.75) is 19.3 Å². The Bertz CT molecular complexity index is 1250. The van der Waals surface area contributed by atoms with Crippen LogP contribution in [-0.2, 0) is 16.0 Å². The second-order valence-electron chi connectivity index (χ2n) is 7.72. The molecule has 0 radical (unpaired) electrons. The number of fused-ring (bicyclic) bond motifs is 2. The van der Waals surface area contributed by atoms with Crippen LogP contribution in [0.25, 0.3) is 22.6 Å². The second-order valence-corrected chi connectivity index (χ2v) is 7.72. The van der Waals surface area contributed by atoms with Crippen molar-refractivity contribution in [3.8, 4) is 0 Å². The SMILES string of the molecule is O=C(OCC(=O)N1CCNC1=O)c1c2c(nc3ccccc13)C(=Cc1ccco1)CCC2. The lowest BCUT2D eigenvalue weighted by Crippen LogP contribution is -2.37. The summed E-state index contributed by atoms with van der Waals surface area (Å²) in [5, 5.41) is 3.24. The predicted octanol–water partition coefficient (Wildman–Crippen LogP) is 3.41. The molecule has 1 aromatic carbocycles. The maximum atomic E-state index is 13.2. The van der Waals surface area contributed by atoms with Gasteiger partial charge in [0.25, 0.3) is 5.91 Å². The van der Waals surface area contributed by atoms with Crippen molar-refractivity contribution in [2.75, 3.05) is 19.7 Å². The molecule has 2 aromatic heterocycles. The molecule has 0 unspecified atom stereocenters. The molecular weight excluding hydrogens is 410 g/mol. The Labute approximate surface area is 183 Å². The Morgan fingerprint density at radius 2 is 2.06 bits per heavy atom. The first-order chi connectivity index (χ1) is 15.6. The highest BCUT2D eigenvalue weighted by atomic mass is 16.5. The van der Waals surface area contributed by atoms with Gasteiger partial charge in [-0.1, -0.05) is 18.2 Å². The summed E-state index contributed by atoms with van der Waals surface area (Å²) in [5.41, 5.74) is 3.66. The number of para-hydroxylation sites is 1. The van der Waals surface area contributed by atoms with Crippen LogP contribution < -0.4 is 5.32 Å². The zero-order valence-electron chi connectivity index (χ0n) is 17.3. The van der Waals surface area contributed by atoms with E-state index in [0.717, 1.165) is 40.3 Å². The van der Waals surface area contributed by atoms with Gasteiger partial charge in [0.15, 0.2) is 6.61 Å². The Hall–Kier alpha value is -3.94. The van der Waals surface area contributed by atoms with Crippen molar-refractivity contribution >= 4 is 40.5 Å². The largest absolute Gasteiger partial charge is 0.465 e. The molecule has 162 valence electrons. The maximum Gasteiger partial charge on any atom is 0.339 e. The quantitative estimate of drug-likeness (QED) is 0.635. The third-order valence-electron chi connectivity index (χ3n) is 5.72. The van der Waals surface area contributed by atoms with Crippen molar-refractivity contribution in [1.29, 1.82) is 0 Å². The molecule has 32 heavy (non-hydrogen) atoms. The number of allylic oxidation sites excluding steroid dienone is 1. The first-order valence-corrected chi connectivity index (χ1v) is 10.5. The number of esters is 1. The molecule has 0 atom stereocenters. The first kappa shape index (κ1) is 20.0. The van der Waals surface area contributed by atoms with Crippen LogP contribution in [0.15, 0.2) is 47.1 Å². The number of carbonyl (C=O) groups is 3. The molecule has 0 saturated carbocycles. The van der Waals surface area contributed by atoms with Crippen molar-refractivity contribution in [3.05, 3.63) is 65.2 Å². The highest BCUT2D eigenvalue weighted by Crippen LogP contribution is 2.36. The molecule has 3 heterocycles. The van der Waals surface area contributed by atoms with Gasteiger partial charge in [0.2, 0.25) is 0 Å². The molecule has 3 amide bonds. The number of carbonyl (C=O) groups excluding carboxylic acids is 3. The first-order valence-electron chi connectivity index (χ1n) is 10.5. The molecule has 1 N–H and O–H groups in total. The summed E-state index contributed by atoms with van der Waals surface area (Å²) in [6.07, 6.45) is 5.91. The number of urea groups is 1. The number of amides is 3. The number of ether oxygens (including phenoxy) is 1. The highest BCUT2D eigenvalue weighted by molar-refractivity contribution is 6.07. The number of benzene rings is 1. The number of imide groups is 1. The van der Waals surface area contributed by atoms with Crippen LogP contribution in [0.5, 0.6) is 0 Å². The number of pyridine rings is 1. The predicted molar refractivity (Wildman–Crippen MR) is 117 cm³/mol. The Morgan fingerprint density at radius 1 is 1.19 bits per heavy atom. The zero-order chi connectivity index (χ0) is 22.1. The van der Waals surface area contributed by atoms with E-state index in [2.05, 4.69) is 5.32 Å². The third-order valence-corrected chi connectivity index (χ3v) is 5.72. The molecular formula is C24H21N3O5. The monoisotopic (exact) mass is 431 g/mol. The van der Waals surface area contributed by atoms with Crippen molar-refractivity contribution in [2.24, 2.45) is 0 Å². The van der Waals surface area contributed by atoms with Gasteiger partial charge in [-0.05, 0) is 54.7 Å². The zero-order valence-corrected chi connectivity index (χ0v) is 17.3. The molecule has 0 spiro atoms. The fourth-order valence-electron chi connectivity index (χ4n) is 4.24. The van der Waals surface area contributed by atoms with E-state index in [4.69, 9.17) is 14.1 Å². The molecule has 1 saturated heterocycles. The Kier molecular flexibility index (Phi) is 5.18. The lowest BCUT2D eigenvalue weighted by molar-refractivity contribution is -0.130. The molecule has 5 rings (SSSR count). The number of hydrogen-bond donors (Lipinski definition) is 1. The number of aromatic nitrogens is 1. The van der Waals surface area contributed by atoms with Gasteiger partial charge in [-0.25, -0.2) is 14.6 Å². The van der Waals surface area contributed by atoms with Gasteiger partial charge < -0.3 is 14.5 Å². The average Bonchev–Trinajstić information content (AvgIpc) is 3.47. The fraction of sp³-hybridized carbons (Fsp3) is 0.250. The number of nitrogens with zero attached hydrogens (tertiary/aromatic N) is 2. The normalized spacial score (nSPS) is 16.8. The topological polar surface area (TPSA) is 102 Å². The second kappa shape index (κ2) is 8.30. The smallest absolute Gasteiger partial charge is 0.339 e.